The molecule has 2 fully saturated rings. The molecule has 2 amide bonds. The van der Waals surface area contributed by atoms with Gasteiger partial charge in [-0.1, -0.05) is 55.7 Å². The summed E-state index contributed by atoms with van der Waals surface area (Å²) < 4.78 is 13.5. The van der Waals surface area contributed by atoms with Crippen LogP contribution < -0.4 is 5.32 Å². The van der Waals surface area contributed by atoms with E-state index in [1.54, 1.807) is 6.07 Å². The number of rotatable bonds is 4. The zero-order chi connectivity index (χ0) is 21.1. The van der Waals surface area contributed by atoms with Crippen molar-refractivity contribution in [2.45, 2.75) is 56.1 Å². The van der Waals surface area contributed by atoms with E-state index in [1.807, 2.05) is 30.3 Å². The molecule has 1 saturated carbocycles. The van der Waals surface area contributed by atoms with E-state index in [4.69, 9.17) is 0 Å². The van der Waals surface area contributed by atoms with Gasteiger partial charge in [-0.3, -0.25) is 0 Å². The molecule has 1 aliphatic heterocycles. The Bertz CT molecular complexity index is 934. The largest absolute Gasteiger partial charge is 0.394 e. The highest BCUT2D eigenvalue weighted by atomic mass is 19.1. The number of amides is 2. The summed E-state index contributed by atoms with van der Waals surface area (Å²) in [5, 5.41) is 22.7. The Hall–Kier alpha value is -2.91. The maximum absolute atomic E-state index is 13.5. The minimum absolute atomic E-state index is 0.148. The molecule has 0 bridgehead atoms. The normalized spacial score (nSPS) is 24.0. The lowest BCUT2D eigenvalue weighted by molar-refractivity contribution is 0.0153. The lowest BCUT2D eigenvalue weighted by Crippen LogP contribution is -2.67. The zero-order valence-corrected chi connectivity index (χ0v) is 16.8. The molecular weight excluding hydrogens is 381 g/mol. The Morgan fingerprint density at radius 1 is 1.13 bits per heavy atom. The van der Waals surface area contributed by atoms with Crippen LogP contribution in [0.25, 0.3) is 11.1 Å². The minimum atomic E-state index is -0.620. The summed E-state index contributed by atoms with van der Waals surface area (Å²) in [5.74, 6) is -0.543. The molecule has 6 heteroatoms. The van der Waals surface area contributed by atoms with Crippen LogP contribution in [0, 0.1) is 17.1 Å². The molecule has 2 aliphatic rings. The summed E-state index contributed by atoms with van der Waals surface area (Å²) in [6.45, 7) is -0.202. The van der Waals surface area contributed by atoms with Crippen molar-refractivity contribution >= 4 is 6.03 Å². The molecule has 1 heterocycles. The number of benzene rings is 2. The molecule has 0 aromatic heterocycles. The van der Waals surface area contributed by atoms with Crippen LogP contribution in [0.1, 0.15) is 43.6 Å². The fraction of sp³-hybridized carbons (Fsp3) is 0.417. The van der Waals surface area contributed by atoms with Crippen LogP contribution in [-0.2, 0) is 0 Å². The number of aliphatic hydroxyl groups excluding tert-OH is 1. The van der Waals surface area contributed by atoms with Gasteiger partial charge in [0.1, 0.15) is 11.9 Å². The number of carbonyl (C=O) groups is 1. The fourth-order valence-corrected chi connectivity index (χ4v) is 4.75. The third kappa shape index (κ3) is 3.90. The van der Waals surface area contributed by atoms with E-state index in [-0.39, 0.29) is 30.4 Å². The van der Waals surface area contributed by atoms with Crippen molar-refractivity contribution in [2.75, 3.05) is 6.61 Å². The van der Waals surface area contributed by atoms with Crippen molar-refractivity contribution in [3.8, 4) is 17.2 Å². The van der Waals surface area contributed by atoms with Crippen molar-refractivity contribution in [2.24, 2.45) is 0 Å². The van der Waals surface area contributed by atoms with Gasteiger partial charge in [0.25, 0.3) is 0 Å². The van der Waals surface area contributed by atoms with Gasteiger partial charge in [-0.25, -0.2) is 9.18 Å². The summed E-state index contributed by atoms with van der Waals surface area (Å²) in [5.41, 5.74) is 2.54. The topological polar surface area (TPSA) is 76.4 Å². The molecule has 1 saturated heterocycles. The highest BCUT2D eigenvalue weighted by Gasteiger charge is 2.52. The molecule has 4 rings (SSSR count). The molecule has 156 valence electrons. The van der Waals surface area contributed by atoms with Crippen LogP contribution in [0.5, 0.6) is 0 Å². The molecule has 0 spiro atoms. The van der Waals surface area contributed by atoms with E-state index in [2.05, 4.69) is 11.4 Å². The Kier molecular flexibility index (Phi) is 6.01. The maximum atomic E-state index is 13.5. The van der Waals surface area contributed by atoms with Crippen LogP contribution in [0.15, 0.2) is 48.5 Å². The lowest BCUT2D eigenvalue weighted by Gasteiger charge is -2.51. The number of nitrogens with zero attached hydrogens (tertiary/aromatic N) is 2. The van der Waals surface area contributed by atoms with Gasteiger partial charge in [0, 0.05) is 12.0 Å². The van der Waals surface area contributed by atoms with Crippen molar-refractivity contribution in [3.05, 3.63) is 59.9 Å². The number of hydrogen-bond acceptors (Lipinski definition) is 3. The van der Waals surface area contributed by atoms with Gasteiger partial charge >= 0.3 is 6.03 Å². The smallest absolute Gasteiger partial charge is 0.319 e. The third-order valence-corrected chi connectivity index (χ3v) is 6.35. The number of nitriles is 1. The Morgan fingerprint density at radius 3 is 2.50 bits per heavy atom. The number of aliphatic hydroxyl groups is 1. The number of nitrogens with one attached hydrogen (secondary N) is 1. The summed E-state index contributed by atoms with van der Waals surface area (Å²) in [6.07, 6.45) is 5.34. The second-order valence-electron chi connectivity index (χ2n) is 8.17. The molecular formula is C24H26FN3O2. The predicted octanol–water partition coefficient (Wildman–Crippen LogP) is 4.19. The van der Waals surface area contributed by atoms with Gasteiger partial charge in [-0.15, -0.1) is 0 Å². The Labute approximate surface area is 176 Å². The second-order valence-corrected chi connectivity index (χ2v) is 8.17. The van der Waals surface area contributed by atoms with Gasteiger partial charge in [-0.05, 0) is 41.7 Å². The first kappa shape index (κ1) is 20.4. The third-order valence-electron chi connectivity index (χ3n) is 6.35. The van der Waals surface area contributed by atoms with Crippen LogP contribution in [0.4, 0.5) is 9.18 Å². The lowest BCUT2D eigenvalue weighted by atomic mass is 9.75. The average molecular weight is 407 g/mol. The van der Waals surface area contributed by atoms with Crippen LogP contribution in [0.2, 0.25) is 0 Å². The quantitative estimate of drug-likeness (QED) is 0.798. The van der Waals surface area contributed by atoms with Gasteiger partial charge in [-0.2, -0.15) is 5.26 Å². The molecule has 0 unspecified atom stereocenters. The first-order chi connectivity index (χ1) is 14.6. The molecule has 0 radical (unpaired) electrons. The van der Waals surface area contributed by atoms with Crippen LogP contribution in [0.3, 0.4) is 0 Å². The number of carbonyl (C=O) groups excluding carboxylic acids is 1. The molecule has 1 aliphatic carbocycles. The standard InChI is InChI=1S/C24H26FN3O2/c25-19-6-4-5-18(13-19)16-9-11-17(12-10-16)23-21(14-26)28(22(23)15-29)24(30)27-20-7-2-1-3-8-20/h4-6,9-13,20-23,29H,1-3,7-8,15H2,(H,27,30)/t21-,22-,23+/m0/s1. The average Bonchev–Trinajstić information content (AvgIpc) is 2.75. The zero-order valence-electron chi connectivity index (χ0n) is 16.8. The van der Waals surface area contributed by atoms with E-state index in [0.717, 1.165) is 42.4 Å². The fourth-order valence-electron chi connectivity index (χ4n) is 4.75. The number of halogens is 1. The minimum Gasteiger partial charge on any atom is -0.394 e. The molecule has 2 aromatic rings. The van der Waals surface area contributed by atoms with Crippen molar-refractivity contribution in [1.29, 1.82) is 5.26 Å². The van der Waals surface area contributed by atoms with E-state index < -0.39 is 12.1 Å². The summed E-state index contributed by atoms with van der Waals surface area (Å²) >= 11 is 0. The van der Waals surface area contributed by atoms with Crippen molar-refractivity contribution in [3.63, 3.8) is 0 Å². The second kappa shape index (κ2) is 8.85. The van der Waals surface area contributed by atoms with Crippen LogP contribution in [-0.4, -0.2) is 40.8 Å². The van der Waals surface area contributed by atoms with Gasteiger partial charge in [0.2, 0.25) is 0 Å². The maximum Gasteiger partial charge on any atom is 0.319 e. The SMILES string of the molecule is N#C[C@H]1[C@@H](c2ccc(-c3cccc(F)c3)cc2)[C@H](CO)N1C(=O)NC1CCCCC1. The van der Waals surface area contributed by atoms with E-state index >= 15 is 0 Å². The van der Waals surface area contributed by atoms with E-state index in [0.29, 0.717) is 0 Å². The monoisotopic (exact) mass is 407 g/mol. The van der Waals surface area contributed by atoms with Gasteiger partial charge < -0.3 is 15.3 Å². The molecule has 2 N–H and O–H groups in total. The number of likely N-dealkylation sites (tertiary alicyclic amines) is 1. The highest BCUT2D eigenvalue weighted by Crippen LogP contribution is 2.41. The predicted molar refractivity (Wildman–Crippen MR) is 112 cm³/mol. The Morgan fingerprint density at radius 2 is 1.87 bits per heavy atom. The molecule has 3 atom stereocenters. The van der Waals surface area contributed by atoms with Gasteiger partial charge in [0.15, 0.2) is 0 Å². The molecule has 30 heavy (non-hydrogen) atoms. The first-order valence-electron chi connectivity index (χ1n) is 10.6. The highest BCUT2D eigenvalue weighted by molar-refractivity contribution is 5.78. The van der Waals surface area contributed by atoms with Crippen LogP contribution >= 0.6 is 0 Å². The first-order valence-corrected chi connectivity index (χ1v) is 10.6. The van der Waals surface area contributed by atoms with Crippen molar-refractivity contribution < 1.29 is 14.3 Å². The van der Waals surface area contributed by atoms with E-state index in [9.17, 15) is 19.6 Å². The van der Waals surface area contributed by atoms with Crippen molar-refractivity contribution in [1.82, 2.24) is 10.2 Å². The Balaban J connectivity index is 1.50. The summed E-state index contributed by atoms with van der Waals surface area (Å²) in [7, 11) is 0. The molecule has 2 aromatic carbocycles. The number of urea groups is 1. The summed E-state index contributed by atoms with van der Waals surface area (Å²) in [4.78, 5) is 14.3. The van der Waals surface area contributed by atoms with Gasteiger partial charge in [0.05, 0.1) is 18.7 Å². The number of hydrogen-bond donors (Lipinski definition) is 2. The summed E-state index contributed by atoms with van der Waals surface area (Å²) in [6, 6.07) is 15.0. The van der Waals surface area contributed by atoms with E-state index in [1.165, 1.54) is 23.5 Å². The molecule has 5 nitrogen and oxygen atoms in total.